The second-order valence-electron chi connectivity index (χ2n) is 6.80. The molecule has 1 amide bonds. The van der Waals surface area contributed by atoms with Gasteiger partial charge in [-0.25, -0.2) is 0 Å². The molecule has 5 nitrogen and oxygen atoms in total. The Morgan fingerprint density at radius 3 is 2.54 bits per heavy atom. The van der Waals surface area contributed by atoms with E-state index < -0.39 is 5.91 Å². The summed E-state index contributed by atoms with van der Waals surface area (Å²) in [6.07, 6.45) is 1.45. The van der Waals surface area contributed by atoms with Crippen LogP contribution < -0.4 is 15.4 Å². The molecular formula is C23H27N3O2. The summed E-state index contributed by atoms with van der Waals surface area (Å²) in [7, 11) is 0. The van der Waals surface area contributed by atoms with E-state index in [9.17, 15) is 10.1 Å². The molecule has 0 fully saturated rings. The summed E-state index contributed by atoms with van der Waals surface area (Å²) < 4.78 is 5.67. The number of nitrogens with one attached hydrogen (secondary N) is 2. The van der Waals surface area contributed by atoms with Crippen molar-refractivity contribution < 1.29 is 9.53 Å². The second-order valence-corrected chi connectivity index (χ2v) is 6.80. The van der Waals surface area contributed by atoms with Crippen LogP contribution >= 0.6 is 0 Å². The minimum absolute atomic E-state index is 0.0124. The molecule has 146 valence electrons. The standard InChI is InChI=1S/C23H27N3O2/c1-6-28-22-10-8-15(2)11-20(22)18(5)26-23(27)19(13-24)14-25-21-12-16(3)7-9-17(21)4/h7-12,14,18,25H,6H2,1-5H3,(H,26,27)/b19-14-. The lowest BCUT2D eigenvalue weighted by Gasteiger charge is -2.18. The lowest BCUT2D eigenvalue weighted by molar-refractivity contribution is -0.117. The van der Waals surface area contributed by atoms with E-state index in [1.54, 1.807) is 0 Å². The summed E-state index contributed by atoms with van der Waals surface area (Å²) in [5.41, 5.74) is 4.97. The Kier molecular flexibility index (Phi) is 7.22. The first-order valence-electron chi connectivity index (χ1n) is 9.34. The van der Waals surface area contributed by atoms with E-state index in [1.165, 1.54) is 6.20 Å². The summed E-state index contributed by atoms with van der Waals surface area (Å²) in [5.74, 6) is 0.300. The molecule has 0 spiro atoms. The van der Waals surface area contributed by atoms with Gasteiger partial charge < -0.3 is 15.4 Å². The van der Waals surface area contributed by atoms with E-state index in [1.807, 2.05) is 77.1 Å². The molecule has 0 radical (unpaired) electrons. The van der Waals surface area contributed by atoms with Crippen molar-refractivity contribution in [2.75, 3.05) is 11.9 Å². The minimum Gasteiger partial charge on any atom is -0.494 e. The molecular weight excluding hydrogens is 350 g/mol. The van der Waals surface area contributed by atoms with Crippen molar-refractivity contribution in [3.05, 3.63) is 70.4 Å². The number of benzene rings is 2. The van der Waals surface area contributed by atoms with Gasteiger partial charge in [-0.1, -0.05) is 29.8 Å². The lowest BCUT2D eigenvalue weighted by Crippen LogP contribution is -2.28. The van der Waals surface area contributed by atoms with Crippen LogP contribution in [0, 0.1) is 32.1 Å². The van der Waals surface area contributed by atoms with Gasteiger partial charge in [-0.3, -0.25) is 4.79 Å². The number of rotatable bonds is 7. The minimum atomic E-state index is -0.434. The monoisotopic (exact) mass is 377 g/mol. The zero-order valence-electron chi connectivity index (χ0n) is 17.1. The fourth-order valence-electron chi connectivity index (χ4n) is 2.84. The molecule has 1 unspecified atom stereocenters. The molecule has 2 aromatic carbocycles. The maximum Gasteiger partial charge on any atom is 0.263 e. The van der Waals surface area contributed by atoms with E-state index in [-0.39, 0.29) is 11.6 Å². The first-order chi connectivity index (χ1) is 13.3. The molecule has 0 saturated heterocycles. The third-order valence-electron chi connectivity index (χ3n) is 4.41. The number of amides is 1. The summed E-state index contributed by atoms with van der Waals surface area (Å²) in [6.45, 7) is 10.3. The number of ether oxygens (including phenoxy) is 1. The molecule has 0 heterocycles. The molecule has 0 bridgehead atoms. The first-order valence-corrected chi connectivity index (χ1v) is 9.34. The van der Waals surface area contributed by atoms with Crippen LogP contribution in [-0.4, -0.2) is 12.5 Å². The van der Waals surface area contributed by atoms with Crippen molar-refractivity contribution in [1.29, 1.82) is 5.26 Å². The highest BCUT2D eigenvalue weighted by Crippen LogP contribution is 2.26. The van der Waals surface area contributed by atoms with Crippen LogP contribution in [-0.2, 0) is 4.79 Å². The van der Waals surface area contributed by atoms with Gasteiger partial charge in [0.25, 0.3) is 5.91 Å². The maximum absolute atomic E-state index is 12.6. The van der Waals surface area contributed by atoms with Crippen LogP contribution in [0.3, 0.4) is 0 Å². The van der Waals surface area contributed by atoms with Gasteiger partial charge in [0.2, 0.25) is 0 Å². The third kappa shape index (κ3) is 5.37. The number of carbonyl (C=O) groups is 1. The maximum atomic E-state index is 12.6. The molecule has 0 aromatic heterocycles. The van der Waals surface area contributed by atoms with Crippen LogP contribution in [0.2, 0.25) is 0 Å². The highest BCUT2D eigenvalue weighted by Gasteiger charge is 2.17. The summed E-state index contributed by atoms with van der Waals surface area (Å²) in [4.78, 5) is 12.6. The van der Waals surface area contributed by atoms with E-state index >= 15 is 0 Å². The van der Waals surface area contributed by atoms with Crippen molar-refractivity contribution >= 4 is 11.6 Å². The zero-order valence-corrected chi connectivity index (χ0v) is 17.1. The Balaban J connectivity index is 2.17. The fourth-order valence-corrected chi connectivity index (χ4v) is 2.84. The Labute approximate surface area is 167 Å². The van der Waals surface area contributed by atoms with Gasteiger partial charge in [-0.15, -0.1) is 0 Å². The number of carbonyl (C=O) groups excluding carboxylic acids is 1. The van der Waals surface area contributed by atoms with E-state index in [2.05, 4.69) is 10.6 Å². The normalized spacial score (nSPS) is 12.1. The van der Waals surface area contributed by atoms with Crippen molar-refractivity contribution in [3.8, 4) is 11.8 Å². The summed E-state index contributed by atoms with van der Waals surface area (Å²) in [6, 6.07) is 13.5. The van der Waals surface area contributed by atoms with Gasteiger partial charge in [-0.05, 0) is 57.9 Å². The largest absolute Gasteiger partial charge is 0.494 e. The van der Waals surface area contributed by atoms with Crippen LogP contribution in [0.4, 0.5) is 5.69 Å². The highest BCUT2D eigenvalue weighted by molar-refractivity contribution is 5.97. The topological polar surface area (TPSA) is 74.1 Å². The van der Waals surface area contributed by atoms with Gasteiger partial charge >= 0.3 is 0 Å². The number of nitriles is 1. The molecule has 28 heavy (non-hydrogen) atoms. The SMILES string of the molecule is CCOc1ccc(C)cc1C(C)NC(=O)/C(C#N)=C\Nc1cc(C)ccc1C. The van der Waals surface area contributed by atoms with Crippen molar-refractivity contribution in [2.45, 2.75) is 40.7 Å². The molecule has 2 rings (SSSR count). The quantitative estimate of drug-likeness (QED) is 0.541. The molecule has 1 atom stereocenters. The van der Waals surface area contributed by atoms with Crippen LogP contribution in [0.25, 0.3) is 0 Å². The number of nitrogens with zero attached hydrogens (tertiary/aromatic N) is 1. The summed E-state index contributed by atoms with van der Waals surface area (Å²) in [5, 5.41) is 15.4. The van der Waals surface area contributed by atoms with Crippen molar-refractivity contribution in [2.24, 2.45) is 0 Å². The van der Waals surface area contributed by atoms with Crippen LogP contribution in [0.1, 0.15) is 42.1 Å². The molecule has 0 saturated carbocycles. The van der Waals surface area contributed by atoms with Gasteiger partial charge in [0, 0.05) is 17.5 Å². The number of hydrogen-bond donors (Lipinski definition) is 2. The number of anilines is 1. The fraction of sp³-hybridized carbons (Fsp3) is 0.304. The predicted molar refractivity (Wildman–Crippen MR) is 112 cm³/mol. The lowest BCUT2D eigenvalue weighted by atomic mass is 10.0. The smallest absolute Gasteiger partial charge is 0.263 e. The molecule has 5 heteroatoms. The van der Waals surface area contributed by atoms with Crippen LogP contribution in [0.15, 0.2) is 48.2 Å². The van der Waals surface area contributed by atoms with Gasteiger partial charge in [0.1, 0.15) is 17.4 Å². The predicted octanol–water partition coefficient (Wildman–Crippen LogP) is 4.71. The first kappa shape index (κ1) is 21.0. The van der Waals surface area contributed by atoms with E-state index in [0.717, 1.165) is 33.7 Å². The second kappa shape index (κ2) is 9.61. The average molecular weight is 377 g/mol. The van der Waals surface area contributed by atoms with E-state index in [4.69, 9.17) is 4.74 Å². The van der Waals surface area contributed by atoms with Gasteiger partial charge in [0.15, 0.2) is 0 Å². The van der Waals surface area contributed by atoms with Crippen molar-refractivity contribution in [3.63, 3.8) is 0 Å². The Morgan fingerprint density at radius 2 is 1.86 bits per heavy atom. The Hall–Kier alpha value is -3.26. The molecule has 2 N–H and O–H groups in total. The van der Waals surface area contributed by atoms with Gasteiger partial charge in [-0.2, -0.15) is 5.26 Å². The Bertz CT molecular complexity index is 926. The molecule has 0 aliphatic rings. The highest BCUT2D eigenvalue weighted by atomic mass is 16.5. The van der Waals surface area contributed by atoms with Crippen LogP contribution in [0.5, 0.6) is 5.75 Å². The van der Waals surface area contributed by atoms with Gasteiger partial charge in [0.05, 0.1) is 12.6 Å². The molecule has 2 aromatic rings. The number of hydrogen-bond acceptors (Lipinski definition) is 4. The third-order valence-corrected chi connectivity index (χ3v) is 4.41. The summed E-state index contributed by atoms with van der Waals surface area (Å²) >= 11 is 0. The average Bonchev–Trinajstić information content (AvgIpc) is 2.66. The molecule has 0 aliphatic carbocycles. The molecule has 0 aliphatic heterocycles. The Morgan fingerprint density at radius 1 is 1.18 bits per heavy atom. The number of aryl methyl sites for hydroxylation is 3. The zero-order chi connectivity index (χ0) is 20.7. The van der Waals surface area contributed by atoms with Crippen molar-refractivity contribution in [1.82, 2.24) is 5.32 Å². The van der Waals surface area contributed by atoms with E-state index in [0.29, 0.717) is 6.61 Å².